The lowest BCUT2D eigenvalue weighted by atomic mass is 10.1. The number of hydrogen-bond donors (Lipinski definition) is 1. The maximum atomic E-state index is 12.5. The summed E-state index contributed by atoms with van der Waals surface area (Å²) >= 11 is 0. The van der Waals surface area contributed by atoms with Crippen LogP contribution in [0.2, 0.25) is 0 Å². The van der Waals surface area contributed by atoms with E-state index >= 15 is 0 Å². The Hall–Kier alpha value is -2.83. The first-order valence-corrected chi connectivity index (χ1v) is 9.50. The number of aromatic hydroxyl groups is 1. The van der Waals surface area contributed by atoms with Crippen LogP contribution in [0.3, 0.4) is 0 Å². The minimum absolute atomic E-state index is 0.125. The lowest BCUT2D eigenvalue weighted by Crippen LogP contribution is -2.45. The quantitative estimate of drug-likeness (QED) is 0.734. The summed E-state index contributed by atoms with van der Waals surface area (Å²) in [6, 6.07) is 14.0. The molecule has 1 saturated heterocycles. The van der Waals surface area contributed by atoms with Crippen molar-refractivity contribution in [3.63, 3.8) is 0 Å². The van der Waals surface area contributed by atoms with E-state index in [9.17, 15) is 9.90 Å². The van der Waals surface area contributed by atoms with E-state index in [1.807, 2.05) is 30.3 Å². The maximum absolute atomic E-state index is 12.5. The Labute approximate surface area is 163 Å². The summed E-state index contributed by atoms with van der Waals surface area (Å²) in [7, 11) is 2.13. The van der Waals surface area contributed by atoms with Gasteiger partial charge in [0.1, 0.15) is 34.8 Å². The highest BCUT2D eigenvalue weighted by Crippen LogP contribution is 2.31. The van der Waals surface area contributed by atoms with Crippen LogP contribution >= 0.6 is 0 Å². The van der Waals surface area contributed by atoms with Crippen molar-refractivity contribution in [3.8, 4) is 22.8 Å². The van der Waals surface area contributed by atoms with E-state index in [1.165, 1.54) is 12.1 Å². The van der Waals surface area contributed by atoms with Crippen LogP contribution in [0.5, 0.6) is 11.5 Å². The summed E-state index contributed by atoms with van der Waals surface area (Å²) < 4.78 is 11.7. The highest BCUT2D eigenvalue weighted by atomic mass is 16.5. The number of hydrogen-bond acceptors (Lipinski definition) is 6. The molecule has 1 aliphatic heterocycles. The first-order chi connectivity index (χ1) is 13.6. The maximum Gasteiger partial charge on any atom is 0.197 e. The lowest BCUT2D eigenvalue weighted by Gasteiger charge is -2.32. The molecular weight excluding hydrogens is 356 g/mol. The third-order valence-electron chi connectivity index (χ3n) is 5.11. The highest BCUT2D eigenvalue weighted by molar-refractivity contribution is 5.86. The highest BCUT2D eigenvalue weighted by Gasteiger charge is 2.15. The van der Waals surface area contributed by atoms with Gasteiger partial charge in [0.2, 0.25) is 0 Å². The average Bonchev–Trinajstić information content (AvgIpc) is 2.69. The fourth-order valence-corrected chi connectivity index (χ4v) is 3.44. The molecule has 0 atom stereocenters. The molecular formula is C22H24N2O4. The van der Waals surface area contributed by atoms with Crippen LogP contribution in [-0.4, -0.2) is 61.3 Å². The Balaban J connectivity index is 1.54. The number of fused-ring (bicyclic) bond motifs is 1. The molecule has 0 amide bonds. The monoisotopic (exact) mass is 380 g/mol. The molecule has 6 nitrogen and oxygen atoms in total. The first kappa shape index (κ1) is 18.5. The van der Waals surface area contributed by atoms with Crippen molar-refractivity contribution >= 4 is 11.0 Å². The number of nitrogens with zero attached hydrogens (tertiary/aromatic N) is 2. The van der Waals surface area contributed by atoms with Crippen molar-refractivity contribution in [2.75, 3.05) is 46.4 Å². The molecule has 2 aromatic carbocycles. The molecule has 6 heteroatoms. The van der Waals surface area contributed by atoms with Gasteiger partial charge < -0.3 is 19.2 Å². The van der Waals surface area contributed by atoms with Gasteiger partial charge in [0, 0.05) is 56.5 Å². The van der Waals surface area contributed by atoms with E-state index in [0.29, 0.717) is 23.7 Å². The van der Waals surface area contributed by atoms with Gasteiger partial charge in [-0.1, -0.05) is 30.3 Å². The molecule has 146 valence electrons. The molecule has 1 aromatic heterocycles. The first-order valence-electron chi connectivity index (χ1n) is 9.50. The lowest BCUT2D eigenvalue weighted by molar-refractivity contribution is 0.133. The van der Waals surface area contributed by atoms with E-state index in [0.717, 1.165) is 38.3 Å². The molecule has 4 rings (SSSR count). The molecule has 1 aliphatic rings. The van der Waals surface area contributed by atoms with Gasteiger partial charge >= 0.3 is 0 Å². The Morgan fingerprint density at radius 2 is 1.82 bits per heavy atom. The topological polar surface area (TPSA) is 66.2 Å². The average molecular weight is 380 g/mol. The van der Waals surface area contributed by atoms with Crippen LogP contribution in [0, 0.1) is 0 Å². The Morgan fingerprint density at radius 1 is 1.07 bits per heavy atom. The van der Waals surface area contributed by atoms with E-state index in [1.54, 1.807) is 6.07 Å². The Morgan fingerprint density at radius 3 is 2.57 bits per heavy atom. The molecule has 0 saturated carbocycles. The summed E-state index contributed by atoms with van der Waals surface area (Å²) in [4.78, 5) is 17.1. The molecule has 2 heterocycles. The fourth-order valence-electron chi connectivity index (χ4n) is 3.44. The van der Waals surface area contributed by atoms with Crippen molar-refractivity contribution in [2.24, 2.45) is 0 Å². The fraction of sp³-hybridized carbons (Fsp3) is 0.318. The van der Waals surface area contributed by atoms with Crippen LogP contribution < -0.4 is 10.2 Å². The number of phenolic OH excluding ortho intramolecular Hbond substituents is 1. The summed E-state index contributed by atoms with van der Waals surface area (Å²) in [5, 5.41) is 10.5. The second-order valence-corrected chi connectivity index (χ2v) is 7.15. The van der Waals surface area contributed by atoms with Gasteiger partial charge in [-0.15, -0.1) is 0 Å². The second kappa shape index (κ2) is 8.04. The van der Waals surface area contributed by atoms with Crippen LogP contribution in [0.1, 0.15) is 0 Å². The summed E-state index contributed by atoms with van der Waals surface area (Å²) in [5.74, 6) is 0.833. The third-order valence-corrected chi connectivity index (χ3v) is 5.11. The summed E-state index contributed by atoms with van der Waals surface area (Å²) in [6.45, 7) is 5.50. The molecule has 0 unspecified atom stereocenters. The molecule has 0 radical (unpaired) electrons. The normalized spacial score (nSPS) is 15.8. The molecule has 0 aliphatic carbocycles. The van der Waals surface area contributed by atoms with Crippen LogP contribution in [-0.2, 0) is 0 Å². The number of piperazine rings is 1. The molecule has 0 spiro atoms. The predicted octanol–water partition coefficient (Wildman–Crippen LogP) is 2.79. The van der Waals surface area contributed by atoms with Crippen molar-refractivity contribution in [1.82, 2.24) is 9.80 Å². The molecule has 1 fully saturated rings. The number of likely N-dealkylation sites (N-methyl/N-ethyl adjacent to an activating group) is 1. The van der Waals surface area contributed by atoms with Gasteiger partial charge in [-0.3, -0.25) is 9.69 Å². The van der Waals surface area contributed by atoms with E-state index < -0.39 is 0 Å². The standard InChI is InChI=1S/C22H24N2O4/c1-23-7-9-24(10-8-23)11-12-27-17-13-18(25)22-19(26)15-20(28-21(22)14-17)16-5-3-2-4-6-16/h2-6,13-15,25H,7-12H2,1H3. The van der Waals surface area contributed by atoms with Crippen molar-refractivity contribution in [1.29, 1.82) is 0 Å². The number of phenols is 1. The SMILES string of the molecule is CN1CCN(CCOc2cc(O)c3c(=O)cc(-c4ccccc4)oc3c2)CC1. The van der Waals surface area contributed by atoms with Gasteiger partial charge in [-0.25, -0.2) is 0 Å². The number of ether oxygens (including phenoxy) is 1. The van der Waals surface area contributed by atoms with E-state index in [4.69, 9.17) is 9.15 Å². The third kappa shape index (κ3) is 4.03. The Kier molecular flexibility index (Phi) is 5.32. The summed E-state index contributed by atoms with van der Waals surface area (Å²) in [6.07, 6.45) is 0. The van der Waals surface area contributed by atoms with Crippen molar-refractivity contribution in [2.45, 2.75) is 0 Å². The second-order valence-electron chi connectivity index (χ2n) is 7.15. The van der Waals surface area contributed by atoms with Gasteiger partial charge in [0.25, 0.3) is 0 Å². The van der Waals surface area contributed by atoms with Crippen LogP contribution in [0.4, 0.5) is 0 Å². The molecule has 3 aromatic rings. The van der Waals surface area contributed by atoms with Gasteiger partial charge in [0.15, 0.2) is 5.43 Å². The zero-order valence-electron chi connectivity index (χ0n) is 15.9. The van der Waals surface area contributed by atoms with Crippen molar-refractivity contribution in [3.05, 3.63) is 58.8 Å². The Bertz CT molecular complexity index is 1010. The van der Waals surface area contributed by atoms with Gasteiger partial charge in [-0.05, 0) is 7.05 Å². The zero-order valence-corrected chi connectivity index (χ0v) is 15.9. The van der Waals surface area contributed by atoms with E-state index in [-0.39, 0.29) is 16.6 Å². The van der Waals surface area contributed by atoms with Crippen LogP contribution in [0.25, 0.3) is 22.3 Å². The smallest absolute Gasteiger partial charge is 0.197 e. The zero-order chi connectivity index (χ0) is 19.5. The van der Waals surface area contributed by atoms with Crippen LogP contribution in [0.15, 0.2) is 57.7 Å². The minimum atomic E-state index is -0.276. The number of benzene rings is 2. The van der Waals surface area contributed by atoms with Gasteiger partial charge in [0.05, 0.1) is 0 Å². The largest absolute Gasteiger partial charge is 0.507 e. The number of rotatable bonds is 5. The van der Waals surface area contributed by atoms with Gasteiger partial charge in [-0.2, -0.15) is 0 Å². The molecule has 1 N–H and O–H groups in total. The predicted molar refractivity (Wildman–Crippen MR) is 109 cm³/mol. The molecule has 0 bridgehead atoms. The minimum Gasteiger partial charge on any atom is -0.507 e. The van der Waals surface area contributed by atoms with E-state index in [2.05, 4.69) is 16.8 Å². The summed E-state index contributed by atoms with van der Waals surface area (Å²) in [5.41, 5.74) is 0.852. The molecule has 28 heavy (non-hydrogen) atoms. The van der Waals surface area contributed by atoms with Crippen molar-refractivity contribution < 1.29 is 14.3 Å².